The van der Waals surface area contributed by atoms with Crippen molar-refractivity contribution < 1.29 is 25.5 Å². The van der Waals surface area contributed by atoms with Gasteiger partial charge in [0.2, 0.25) is 0 Å². The molecule has 1 aromatic heterocycles. The van der Waals surface area contributed by atoms with Crippen LogP contribution in [0.25, 0.3) is 0 Å². The summed E-state index contributed by atoms with van der Waals surface area (Å²) in [7, 11) is -6.59. The highest BCUT2D eigenvalue weighted by atomic mass is 32.2. The van der Waals surface area contributed by atoms with E-state index in [2.05, 4.69) is 9.34 Å². The zero-order valence-electron chi connectivity index (χ0n) is 9.41. The van der Waals surface area contributed by atoms with Gasteiger partial charge in [0, 0.05) is 18.7 Å². The molecule has 0 atom stereocenters. The third-order valence-corrected chi connectivity index (χ3v) is 3.24. The van der Waals surface area contributed by atoms with E-state index in [1.807, 2.05) is 0 Å². The Balaban J connectivity index is 2.54. The Bertz CT molecular complexity index is 520. The highest BCUT2D eigenvalue weighted by Crippen LogP contribution is 2.07. The average Bonchev–Trinajstić information content (AvgIpc) is 2.57. The van der Waals surface area contributed by atoms with Crippen LogP contribution in [0.5, 0.6) is 0 Å². The second-order valence-electron chi connectivity index (χ2n) is 3.63. The van der Waals surface area contributed by atoms with Crippen LogP contribution in [0.2, 0.25) is 0 Å². The van der Waals surface area contributed by atoms with Crippen LogP contribution in [0.4, 0.5) is 0 Å². The summed E-state index contributed by atoms with van der Waals surface area (Å²) < 4.78 is 52.6. The van der Waals surface area contributed by atoms with Gasteiger partial charge in [-0.05, 0) is 0 Å². The normalized spacial score (nSPS) is 12.8. The molecule has 0 saturated carbocycles. The lowest BCUT2D eigenvalue weighted by molar-refractivity contribution is 0.293. The van der Waals surface area contributed by atoms with Gasteiger partial charge in [-0.1, -0.05) is 5.16 Å². The highest BCUT2D eigenvalue weighted by molar-refractivity contribution is 7.90. The molecule has 0 radical (unpaired) electrons. The summed E-state index contributed by atoms with van der Waals surface area (Å²) in [5, 5.41) is 3.56. The van der Waals surface area contributed by atoms with E-state index in [1.54, 1.807) is 0 Å². The van der Waals surface area contributed by atoms with Gasteiger partial charge in [0.15, 0.2) is 0 Å². The molecule has 98 valence electrons. The molecule has 0 fully saturated rings. The number of hydrogen-bond acceptors (Lipinski definition) is 7. The summed E-state index contributed by atoms with van der Waals surface area (Å²) >= 11 is 0. The molecule has 7 nitrogen and oxygen atoms in total. The van der Waals surface area contributed by atoms with Gasteiger partial charge in [-0.2, -0.15) is 8.42 Å². The van der Waals surface area contributed by atoms with Crippen LogP contribution in [-0.4, -0.2) is 40.3 Å². The molecule has 17 heavy (non-hydrogen) atoms. The van der Waals surface area contributed by atoms with Gasteiger partial charge in [-0.3, -0.25) is 4.18 Å². The zero-order valence-corrected chi connectivity index (χ0v) is 11.0. The lowest BCUT2D eigenvalue weighted by atomic mass is 10.3. The Labute approximate surface area is 99.8 Å². The van der Waals surface area contributed by atoms with Crippen LogP contribution in [0.15, 0.2) is 10.6 Å². The van der Waals surface area contributed by atoms with Crippen molar-refractivity contribution in [3.8, 4) is 0 Å². The zero-order chi connectivity index (χ0) is 13.1. The molecule has 0 bridgehead atoms. The van der Waals surface area contributed by atoms with Gasteiger partial charge in [0.25, 0.3) is 10.1 Å². The minimum absolute atomic E-state index is 0.0471. The highest BCUT2D eigenvalue weighted by Gasteiger charge is 2.10. The first-order valence-corrected chi connectivity index (χ1v) is 8.50. The molecular formula is C8H13NO6S2. The van der Waals surface area contributed by atoms with E-state index < -0.39 is 20.0 Å². The molecule has 0 aromatic carbocycles. The van der Waals surface area contributed by atoms with Crippen molar-refractivity contribution in [2.24, 2.45) is 0 Å². The fraction of sp³-hybridized carbons (Fsp3) is 0.625. The van der Waals surface area contributed by atoms with Crippen LogP contribution < -0.4 is 0 Å². The lowest BCUT2D eigenvalue weighted by Crippen LogP contribution is -2.05. The van der Waals surface area contributed by atoms with Crippen molar-refractivity contribution in [1.82, 2.24) is 5.16 Å². The van der Waals surface area contributed by atoms with Crippen LogP contribution in [-0.2, 0) is 37.2 Å². The molecule has 1 heterocycles. The minimum Gasteiger partial charge on any atom is -0.361 e. The number of aryl methyl sites for hydroxylation is 1. The van der Waals surface area contributed by atoms with Crippen molar-refractivity contribution in [3.63, 3.8) is 0 Å². The Kier molecular flexibility index (Phi) is 4.28. The average molecular weight is 283 g/mol. The Morgan fingerprint density at radius 1 is 1.29 bits per heavy atom. The molecule has 0 spiro atoms. The second-order valence-corrected chi connectivity index (χ2v) is 7.53. The maximum atomic E-state index is 10.9. The van der Waals surface area contributed by atoms with Gasteiger partial charge in [0.1, 0.15) is 27.9 Å². The van der Waals surface area contributed by atoms with E-state index in [0.29, 0.717) is 11.5 Å². The summed E-state index contributed by atoms with van der Waals surface area (Å²) in [6.45, 7) is -0.221. The van der Waals surface area contributed by atoms with Crippen LogP contribution >= 0.6 is 0 Å². The predicted octanol–water partition coefficient (Wildman–Crippen LogP) is -0.262. The van der Waals surface area contributed by atoms with Crippen molar-refractivity contribution in [1.29, 1.82) is 0 Å². The van der Waals surface area contributed by atoms with E-state index in [1.165, 1.54) is 6.07 Å². The Hall–Kier alpha value is -0.930. The molecule has 0 aliphatic rings. The first-order chi connectivity index (χ1) is 7.66. The monoisotopic (exact) mass is 283 g/mol. The molecule has 0 amide bonds. The Morgan fingerprint density at radius 2 is 1.94 bits per heavy atom. The predicted molar refractivity (Wildman–Crippen MR) is 59.6 cm³/mol. The number of sulfone groups is 1. The quantitative estimate of drug-likeness (QED) is 0.662. The molecule has 1 aromatic rings. The van der Waals surface area contributed by atoms with Crippen molar-refractivity contribution in [2.45, 2.75) is 13.0 Å². The van der Waals surface area contributed by atoms with E-state index in [4.69, 9.17) is 4.52 Å². The fourth-order valence-electron chi connectivity index (χ4n) is 0.995. The summed E-state index contributed by atoms with van der Waals surface area (Å²) in [5.41, 5.74) is 0.305. The molecule has 0 unspecified atom stereocenters. The number of hydrogen-bond donors (Lipinski definition) is 0. The second kappa shape index (κ2) is 5.15. The summed E-state index contributed by atoms with van der Waals surface area (Å²) in [6.07, 6.45) is 2.25. The van der Waals surface area contributed by atoms with Crippen LogP contribution in [0.3, 0.4) is 0 Å². The van der Waals surface area contributed by atoms with E-state index in [9.17, 15) is 16.8 Å². The molecule has 0 aliphatic heterocycles. The topological polar surface area (TPSA) is 104 Å². The summed E-state index contributed by atoms with van der Waals surface area (Å²) in [6, 6.07) is 1.47. The van der Waals surface area contributed by atoms with Crippen molar-refractivity contribution >= 4 is 20.0 Å². The molecule has 1 rings (SSSR count). The summed E-state index contributed by atoms with van der Waals surface area (Å²) in [5.74, 6) is 0.330. The number of nitrogens with zero attached hydrogens (tertiary/aromatic N) is 1. The van der Waals surface area contributed by atoms with Gasteiger partial charge < -0.3 is 4.52 Å². The van der Waals surface area contributed by atoms with Crippen molar-refractivity contribution in [2.75, 3.05) is 18.3 Å². The van der Waals surface area contributed by atoms with Gasteiger partial charge in [0.05, 0.1) is 12.0 Å². The summed E-state index contributed by atoms with van der Waals surface area (Å²) in [4.78, 5) is 0. The SMILES string of the molecule is CS(=O)(=O)CCc1cc(COS(C)(=O)=O)no1. The van der Waals surface area contributed by atoms with Gasteiger partial charge >= 0.3 is 0 Å². The maximum Gasteiger partial charge on any atom is 0.264 e. The first kappa shape index (κ1) is 14.1. The first-order valence-electron chi connectivity index (χ1n) is 4.62. The molecular weight excluding hydrogens is 270 g/mol. The third kappa shape index (κ3) is 6.39. The van der Waals surface area contributed by atoms with E-state index >= 15 is 0 Å². The van der Waals surface area contributed by atoms with Crippen molar-refractivity contribution in [3.05, 3.63) is 17.5 Å². The van der Waals surface area contributed by atoms with Crippen LogP contribution in [0.1, 0.15) is 11.5 Å². The largest absolute Gasteiger partial charge is 0.361 e. The fourth-order valence-corrected chi connectivity index (χ4v) is 1.90. The maximum absolute atomic E-state index is 10.9. The lowest BCUT2D eigenvalue weighted by Gasteiger charge is -1.95. The van der Waals surface area contributed by atoms with Gasteiger partial charge in [-0.15, -0.1) is 0 Å². The van der Waals surface area contributed by atoms with Gasteiger partial charge in [-0.25, -0.2) is 8.42 Å². The minimum atomic E-state index is -3.53. The molecule has 0 aliphatic carbocycles. The standard InChI is InChI=1S/C8H13NO6S2/c1-16(10,11)4-3-8-5-7(9-15-8)6-14-17(2,12)13/h5H,3-4,6H2,1-2H3. The third-order valence-electron chi connectivity index (χ3n) is 1.75. The van der Waals surface area contributed by atoms with E-state index in [0.717, 1.165) is 12.5 Å². The molecule has 9 heteroatoms. The van der Waals surface area contributed by atoms with Crippen LogP contribution in [0, 0.1) is 0 Å². The molecule has 0 saturated heterocycles. The van der Waals surface area contributed by atoms with E-state index in [-0.39, 0.29) is 18.8 Å². The number of aromatic nitrogens is 1. The smallest absolute Gasteiger partial charge is 0.264 e. The Morgan fingerprint density at radius 3 is 2.47 bits per heavy atom. The molecule has 0 N–H and O–H groups in total. The number of rotatable bonds is 6.